The van der Waals surface area contributed by atoms with Crippen LogP contribution >= 0.6 is 27.3 Å². The number of aromatic amines is 1. The number of ether oxygens (including phenoxy) is 1. The Morgan fingerprint density at radius 3 is 3.00 bits per heavy atom. The van der Waals surface area contributed by atoms with Crippen LogP contribution in [-0.2, 0) is 17.9 Å². The van der Waals surface area contributed by atoms with Gasteiger partial charge in [0.05, 0.1) is 22.2 Å². The zero-order valence-electron chi connectivity index (χ0n) is 13.8. The van der Waals surface area contributed by atoms with Gasteiger partial charge in [0.1, 0.15) is 12.4 Å². The molecule has 1 aliphatic rings. The van der Waals surface area contributed by atoms with Crippen molar-refractivity contribution in [2.24, 2.45) is 5.41 Å². The normalized spacial score (nSPS) is 15.3. The fourth-order valence-corrected chi connectivity index (χ4v) is 3.68. The number of nitrogens with zero attached hydrogens (tertiary/aromatic N) is 1. The first-order chi connectivity index (χ1) is 12.0. The summed E-state index contributed by atoms with van der Waals surface area (Å²) in [6.07, 6.45) is 1.97. The topological polar surface area (TPSA) is 67.0 Å². The number of benzene rings is 1. The highest BCUT2D eigenvalue weighted by Gasteiger charge is 2.44. The lowest BCUT2D eigenvalue weighted by molar-refractivity contribution is -0.125. The summed E-state index contributed by atoms with van der Waals surface area (Å²) in [5, 5.41) is 6.07. The summed E-state index contributed by atoms with van der Waals surface area (Å²) in [6.45, 7) is 2.96. The van der Waals surface area contributed by atoms with E-state index in [0.29, 0.717) is 13.2 Å². The summed E-state index contributed by atoms with van der Waals surface area (Å²) < 4.78 is 6.76. The average molecular weight is 420 g/mol. The quantitative estimate of drug-likeness (QED) is 0.622. The Bertz CT molecular complexity index is 916. The summed E-state index contributed by atoms with van der Waals surface area (Å²) in [6, 6.07) is 6.05. The third kappa shape index (κ3) is 3.57. The third-order valence-electron chi connectivity index (χ3n) is 4.58. The van der Waals surface area contributed by atoms with Gasteiger partial charge in [0, 0.05) is 33.5 Å². The van der Waals surface area contributed by atoms with Crippen LogP contribution in [0, 0.1) is 5.41 Å². The first-order valence-electron chi connectivity index (χ1n) is 8.13. The molecule has 2 aromatic heterocycles. The minimum Gasteiger partial charge on any atom is -0.486 e. The summed E-state index contributed by atoms with van der Waals surface area (Å²) in [5.74, 6) is 0.906. The molecule has 0 spiro atoms. The van der Waals surface area contributed by atoms with Crippen molar-refractivity contribution in [2.75, 3.05) is 0 Å². The van der Waals surface area contributed by atoms with Gasteiger partial charge in [-0.3, -0.25) is 4.79 Å². The van der Waals surface area contributed by atoms with Crippen molar-refractivity contribution in [2.45, 2.75) is 32.9 Å². The molecule has 1 amide bonds. The van der Waals surface area contributed by atoms with E-state index >= 15 is 0 Å². The zero-order chi connectivity index (χ0) is 17.4. The van der Waals surface area contributed by atoms with Crippen molar-refractivity contribution in [3.8, 4) is 5.75 Å². The van der Waals surface area contributed by atoms with Crippen LogP contribution in [0.15, 0.2) is 33.6 Å². The number of amides is 1. The molecular formula is C18H18BrN3O2S. The third-order valence-corrected chi connectivity index (χ3v) is 5.83. The highest BCUT2D eigenvalue weighted by atomic mass is 79.9. The molecule has 0 radical (unpaired) electrons. The van der Waals surface area contributed by atoms with Crippen LogP contribution in [-0.4, -0.2) is 15.9 Å². The van der Waals surface area contributed by atoms with Crippen LogP contribution in [0.2, 0.25) is 0 Å². The molecule has 0 unspecified atom stereocenters. The van der Waals surface area contributed by atoms with Gasteiger partial charge in [-0.15, -0.1) is 11.3 Å². The number of rotatable bonds is 6. The number of thiazole rings is 1. The molecule has 0 saturated heterocycles. The molecule has 7 heteroatoms. The Morgan fingerprint density at radius 2 is 2.28 bits per heavy atom. The minimum absolute atomic E-state index is 0.139. The van der Waals surface area contributed by atoms with Gasteiger partial charge in [0.2, 0.25) is 5.91 Å². The number of hydrogen-bond donors (Lipinski definition) is 2. The van der Waals surface area contributed by atoms with Gasteiger partial charge in [0.15, 0.2) is 0 Å². The van der Waals surface area contributed by atoms with Gasteiger partial charge >= 0.3 is 0 Å². The summed E-state index contributed by atoms with van der Waals surface area (Å²) in [7, 11) is 0. The van der Waals surface area contributed by atoms with E-state index in [0.717, 1.165) is 45.4 Å². The Kier molecular flexibility index (Phi) is 4.29. The largest absolute Gasteiger partial charge is 0.486 e. The second kappa shape index (κ2) is 6.46. The Labute approximate surface area is 157 Å². The first-order valence-corrected chi connectivity index (χ1v) is 9.86. The smallest absolute Gasteiger partial charge is 0.226 e. The summed E-state index contributed by atoms with van der Waals surface area (Å²) in [5.41, 5.74) is 4.53. The van der Waals surface area contributed by atoms with Gasteiger partial charge in [-0.1, -0.05) is 6.92 Å². The standard InChI is InChI=1S/C18H18BrN3O2S/c1-18(2-3-18)17(23)20-7-12-4-11-5-14(19)16(6-15(11)22-12)24-8-13-9-25-10-21-13/h4-6,9-10,22H,2-3,7-8H2,1H3,(H,20,23). The Balaban J connectivity index is 1.47. The fraction of sp³-hybridized carbons (Fsp3) is 0.333. The number of H-pyrrole nitrogens is 1. The van der Waals surface area contributed by atoms with Crippen LogP contribution in [0.5, 0.6) is 5.75 Å². The highest BCUT2D eigenvalue weighted by molar-refractivity contribution is 9.10. The van der Waals surface area contributed by atoms with Crippen molar-refractivity contribution >= 4 is 44.1 Å². The monoisotopic (exact) mass is 419 g/mol. The summed E-state index contributed by atoms with van der Waals surface area (Å²) >= 11 is 5.12. The van der Waals surface area contributed by atoms with Gasteiger partial charge in [-0.2, -0.15) is 0 Å². The van der Waals surface area contributed by atoms with Crippen molar-refractivity contribution in [3.63, 3.8) is 0 Å². The maximum absolute atomic E-state index is 12.1. The van der Waals surface area contributed by atoms with Crippen LogP contribution in [0.25, 0.3) is 10.9 Å². The number of halogens is 1. The van der Waals surface area contributed by atoms with E-state index in [-0.39, 0.29) is 11.3 Å². The van der Waals surface area contributed by atoms with E-state index in [1.807, 2.05) is 24.4 Å². The van der Waals surface area contributed by atoms with E-state index in [1.165, 1.54) is 0 Å². The second-order valence-electron chi connectivity index (χ2n) is 6.68. The van der Waals surface area contributed by atoms with Gasteiger partial charge in [-0.25, -0.2) is 4.98 Å². The van der Waals surface area contributed by atoms with E-state index < -0.39 is 0 Å². The molecule has 1 fully saturated rings. The van der Waals surface area contributed by atoms with E-state index in [1.54, 1.807) is 16.8 Å². The summed E-state index contributed by atoms with van der Waals surface area (Å²) in [4.78, 5) is 19.6. The lowest BCUT2D eigenvalue weighted by Gasteiger charge is -2.08. The maximum atomic E-state index is 12.1. The van der Waals surface area contributed by atoms with E-state index in [9.17, 15) is 4.79 Å². The van der Waals surface area contributed by atoms with Crippen LogP contribution in [0.1, 0.15) is 31.2 Å². The molecule has 3 aromatic rings. The van der Waals surface area contributed by atoms with Gasteiger partial charge < -0.3 is 15.0 Å². The molecule has 25 heavy (non-hydrogen) atoms. The van der Waals surface area contributed by atoms with Crippen molar-refractivity contribution in [1.29, 1.82) is 0 Å². The van der Waals surface area contributed by atoms with Crippen molar-refractivity contribution in [3.05, 3.63) is 45.0 Å². The number of hydrogen-bond acceptors (Lipinski definition) is 4. The number of fused-ring (bicyclic) bond motifs is 1. The second-order valence-corrected chi connectivity index (χ2v) is 8.25. The number of carbonyl (C=O) groups is 1. The predicted molar refractivity (Wildman–Crippen MR) is 102 cm³/mol. The highest BCUT2D eigenvalue weighted by Crippen LogP contribution is 2.45. The van der Waals surface area contributed by atoms with E-state index in [4.69, 9.17) is 4.74 Å². The van der Waals surface area contributed by atoms with Crippen LogP contribution in [0.4, 0.5) is 0 Å². The van der Waals surface area contributed by atoms with Gasteiger partial charge in [-0.05, 0) is 40.9 Å². The number of carbonyl (C=O) groups excluding carboxylic acids is 1. The molecule has 1 aromatic carbocycles. The lowest BCUT2D eigenvalue weighted by atomic mass is 10.1. The molecule has 1 saturated carbocycles. The number of nitrogens with one attached hydrogen (secondary N) is 2. The molecular weight excluding hydrogens is 402 g/mol. The Morgan fingerprint density at radius 1 is 1.44 bits per heavy atom. The molecule has 2 N–H and O–H groups in total. The molecule has 4 rings (SSSR count). The molecule has 130 valence electrons. The van der Waals surface area contributed by atoms with Crippen LogP contribution < -0.4 is 10.1 Å². The average Bonchev–Trinajstić information content (AvgIpc) is 3.01. The van der Waals surface area contributed by atoms with E-state index in [2.05, 4.69) is 37.3 Å². The minimum atomic E-state index is -0.147. The molecule has 0 atom stereocenters. The molecule has 0 aliphatic heterocycles. The van der Waals surface area contributed by atoms with Crippen molar-refractivity contribution < 1.29 is 9.53 Å². The molecule has 0 bridgehead atoms. The fourth-order valence-electron chi connectivity index (χ4n) is 2.66. The van der Waals surface area contributed by atoms with Crippen molar-refractivity contribution in [1.82, 2.24) is 15.3 Å². The predicted octanol–water partition coefficient (Wildman–Crippen LogP) is 4.38. The molecule has 1 aliphatic carbocycles. The first kappa shape index (κ1) is 16.6. The SMILES string of the molecule is CC1(C(=O)NCc2cc3cc(Br)c(OCc4cscn4)cc3[nH]2)CC1. The Hall–Kier alpha value is -1.86. The van der Waals surface area contributed by atoms with Crippen LogP contribution in [0.3, 0.4) is 0 Å². The van der Waals surface area contributed by atoms with Gasteiger partial charge in [0.25, 0.3) is 0 Å². The molecule has 5 nitrogen and oxygen atoms in total. The zero-order valence-corrected chi connectivity index (χ0v) is 16.2. The maximum Gasteiger partial charge on any atom is 0.226 e. The molecule has 2 heterocycles. The number of aromatic nitrogens is 2. The lowest BCUT2D eigenvalue weighted by Crippen LogP contribution is -2.29.